The van der Waals surface area contributed by atoms with E-state index in [-0.39, 0.29) is 12.6 Å². The van der Waals surface area contributed by atoms with E-state index in [4.69, 9.17) is 14.9 Å². The van der Waals surface area contributed by atoms with Crippen LogP contribution in [0.1, 0.15) is 32.1 Å². The zero-order valence-electron chi connectivity index (χ0n) is 18.4. The van der Waals surface area contributed by atoms with Gasteiger partial charge in [0.2, 0.25) is 0 Å². The second-order valence-corrected chi connectivity index (χ2v) is 9.57. The molecule has 7 nitrogen and oxygen atoms in total. The predicted octanol–water partition coefficient (Wildman–Crippen LogP) is 4.94. The third-order valence-corrected chi connectivity index (χ3v) is 7.14. The molecule has 0 aromatic carbocycles. The highest BCUT2D eigenvalue weighted by molar-refractivity contribution is 7.22. The van der Waals surface area contributed by atoms with Gasteiger partial charge in [0.05, 0.1) is 28.8 Å². The molecule has 174 valence electrons. The van der Waals surface area contributed by atoms with Gasteiger partial charge in [-0.1, -0.05) is 0 Å². The molecule has 2 N–H and O–H groups in total. The van der Waals surface area contributed by atoms with Crippen LogP contribution in [0.5, 0.6) is 5.75 Å². The van der Waals surface area contributed by atoms with Gasteiger partial charge < -0.3 is 20.2 Å². The first-order chi connectivity index (χ1) is 16.2. The summed E-state index contributed by atoms with van der Waals surface area (Å²) in [5.41, 5.74) is 2.34. The second-order valence-electron chi connectivity index (χ2n) is 8.52. The number of fused-ring (bicyclic) bond motifs is 1. The maximum Gasteiger partial charge on any atom is 0.164 e. The standard InChI is InChI=1S/C24H28FN5O2S/c25-7-1-9-30-15-17(13-29-30)22-12-19-24(33-22)20(4-8-27-19)32-21(14-28-18-2-3-18)23(26)16-5-10-31-11-6-16/h4,8,12-16,18,26,28H,1-3,5-7,9-11H2/b21-14+,26-23?. The maximum atomic E-state index is 12.5. The highest BCUT2D eigenvalue weighted by Gasteiger charge is 2.25. The first-order valence-corrected chi connectivity index (χ1v) is 12.3. The summed E-state index contributed by atoms with van der Waals surface area (Å²) in [4.78, 5) is 5.55. The molecule has 5 rings (SSSR count). The Morgan fingerprint density at radius 2 is 2.18 bits per heavy atom. The van der Waals surface area contributed by atoms with E-state index in [9.17, 15) is 4.39 Å². The summed E-state index contributed by atoms with van der Waals surface area (Å²) in [7, 11) is 0. The van der Waals surface area contributed by atoms with Crippen molar-refractivity contribution in [2.75, 3.05) is 19.9 Å². The van der Waals surface area contributed by atoms with E-state index in [2.05, 4.69) is 15.4 Å². The topological polar surface area (TPSA) is 85.0 Å². The molecule has 9 heteroatoms. The zero-order valence-corrected chi connectivity index (χ0v) is 19.2. The van der Waals surface area contributed by atoms with Crippen molar-refractivity contribution in [1.82, 2.24) is 20.1 Å². The molecule has 1 aliphatic heterocycles. The molecule has 4 heterocycles. The molecule has 0 radical (unpaired) electrons. The molecule has 1 saturated carbocycles. The number of rotatable bonds is 10. The summed E-state index contributed by atoms with van der Waals surface area (Å²) in [6.45, 7) is 1.58. The van der Waals surface area contributed by atoms with Crippen molar-refractivity contribution in [3.8, 4) is 16.2 Å². The number of allylic oxidation sites excluding steroid dienone is 1. The van der Waals surface area contributed by atoms with Gasteiger partial charge in [0.1, 0.15) is 5.75 Å². The van der Waals surface area contributed by atoms with Gasteiger partial charge in [-0.15, -0.1) is 11.3 Å². The zero-order chi connectivity index (χ0) is 22.6. The number of alkyl halides is 1. The van der Waals surface area contributed by atoms with Crippen LogP contribution >= 0.6 is 11.3 Å². The normalized spacial score (nSPS) is 17.4. The van der Waals surface area contributed by atoms with E-state index >= 15 is 0 Å². The lowest BCUT2D eigenvalue weighted by Crippen LogP contribution is -2.27. The third kappa shape index (κ3) is 5.25. The maximum absolute atomic E-state index is 12.5. The molecule has 3 aromatic rings. The highest BCUT2D eigenvalue weighted by Crippen LogP contribution is 2.38. The second kappa shape index (κ2) is 10.0. The summed E-state index contributed by atoms with van der Waals surface area (Å²) in [6.07, 6.45) is 11.8. The van der Waals surface area contributed by atoms with Gasteiger partial charge in [0, 0.05) is 66.8 Å². The van der Waals surface area contributed by atoms with Crippen LogP contribution in [-0.4, -0.2) is 46.4 Å². The van der Waals surface area contributed by atoms with Gasteiger partial charge in [0.25, 0.3) is 0 Å². The number of halogens is 1. The third-order valence-electron chi connectivity index (χ3n) is 5.96. The van der Waals surface area contributed by atoms with Crippen molar-refractivity contribution in [1.29, 1.82) is 5.41 Å². The largest absolute Gasteiger partial charge is 0.452 e. The van der Waals surface area contributed by atoms with Crippen LogP contribution in [0.25, 0.3) is 20.7 Å². The molecular formula is C24H28FN5O2S. The van der Waals surface area contributed by atoms with Gasteiger partial charge in [-0.05, 0) is 38.2 Å². The van der Waals surface area contributed by atoms with E-state index in [1.165, 1.54) is 0 Å². The van der Waals surface area contributed by atoms with Crippen LogP contribution in [0.2, 0.25) is 0 Å². The van der Waals surface area contributed by atoms with Crippen molar-refractivity contribution in [3.63, 3.8) is 0 Å². The van der Waals surface area contributed by atoms with Gasteiger partial charge >= 0.3 is 0 Å². The molecule has 1 saturated heterocycles. The van der Waals surface area contributed by atoms with Gasteiger partial charge in [-0.3, -0.25) is 14.1 Å². The number of nitrogens with zero attached hydrogens (tertiary/aromatic N) is 3. The molecular weight excluding hydrogens is 441 g/mol. The lowest BCUT2D eigenvalue weighted by atomic mass is 9.93. The minimum Gasteiger partial charge on any atom is -0.452 e. The van der Waals surface area contributed by atoms with Crippen LogP contribution in [0.4, 0.5) is 4.39 Å². The Hall–Kier alpha value is -2.78. The van der Waals surface area contributed by atoms with Crippen molar-refractivity contribution < 1.29 is 13.9 Å². The van der Waals surface area contributed by atoms with Crippen LogP contribution in [0.3, 0.4) is 0 Å². The van der Waals surface area contributed by atoms with Crippen LogP contribution in [0, 0.1) is 11.3 Å². The van der Waals surface area contributed by atoms with Crippen LogP contribution < -0.4 is 10.1 Å². The quantitative estimate of drug-likeness (QED) is 0.325. The average molecular weight is 470 g/mol. The monoisotopic (exact) mass is 469 g/mol. The average Bonchev–Trinajstić information content (AvgIpc) is 3.37. The predicted molar refractivity (Wildman–Crippen MR) is 128 cm³/mol. The Balaban J connectivity index is 1.40. The number of thiophene rings is 1. The van der Waals surface area contributed by atoms with Crippen molar-refractivity contribution in [3.05, 3.63) is 42.7 Å². The van der Waals surface area contributed by atoms with E-state index < -0.39 is 0 Å². The van der Waals surface area contributed by atoms with Crippen molar-refractivity contribution >= 4 is 27.3 Å². The smallest absolute Gasteiger partial charge is 0.164 e. The van der Waals surface area contributed by atoms with E-state index in [0.29, 0.717) is 49.4 Å². The fraction of sp³-hybridized carbons (Fsp3) is 0.458. The Kier molecular flexibility index (Phi) is 6.68. The Bertz CT molecular complexity index is 1150. The first kappa shape index (κ1) is 22.0. The van der Waals surface area contributed by atoms with Gasteiger partial charge in [0.15, 0.2) is 5.76 Å². The minimum absolute atomic E-state index is 0.136. The van der Waals surface area contributed by atoms with Gasteiger partial charge in [-0.2, -0.15) is 5.10 Å². The molecule has 0 unspecified atom stereocenters. The van der Waals surface area contributed by atoms with Gasteiger partial charge in [-0.25, -0.2) is 0 Å². The Morgan fingerprint density at radius 3 is 2.97 bits per heavy atom. The summed E-state index contributed by atoms with van der Waals surface area (Å²) >= 11 is 1.59. The van der Waals surface area contributed by atoms with Crippen molar-refractivity contribution in [2.45, 2.75) is 44.7 Å². The molecule has 0 amide bonds. The van der Waals surface area contributed by atoms with E-state index in [1.54, 1.807) is 28.4 Å². The fourth-order valence-electron chi connectivity index (χ4n) is 3.88. The van der Waals surface area contributed by atoms with E-state index in [0.717, 1.165) is 46.3 Å². The first-order valence-electron chi connectivity index (χ1n) is 11.5. The molecule has 1 aliphatic carbocycles. The molecule has 0 atom stereocenters. The summed E-state index contributed by atoms with van der Waals surface area (Å²) in [5.74, 6) is 1.40. The molecule has 2 fully saturated rings. The molecule has 0 spiro atoms. The molecule has 0 bridgehead atoms. The lowest BCUT2D eigenvalue weighted by molar-refractivity contribution is 0.0822. The summed E-state index contributed by atoms with van der Waals surface area (Å²) in [6, 6.07) is 4.36. The highest BCUT2D eigenvalue weighted by atomic mass is 32.1. The number of ether oxygens (including phenoxy) is 2. The fourth-order valence-corrected chi connectivity index (χ4v) is 4.92. The lowest BCUT2D eigenvalue weighted by Gasteiger charge is -2.24. The summed E-state index contributed by atoms with van der Waals surface area (Å²) < 4.78 is 27.0. The summed E-state index contributed by atoms with van der Waals surface area (Å²) in [5, 5.41) is 16.6. The number of nitrogens with one attached hydrogen (secondary N) is 2. The van der Waals surface area contributed by atoms with Crippen LogP contribution in [-0.2, 0) is 11.3 Å². The number of aromatic nitrogens is 3. The number of pyridine rings is 1. The van der Waals surface area contributed by atoms with Crippen LogP contribution in [0.15, 0.2) is 42.7 Å². The SMILES string of the molecule is N=C(/C(=C\NC1CC1)Oc1ccnc2cc(-c3cnn(CCCF)c3)sc12)C1CCOCC1. The molecule has 33 heavy (non-hydrogen) atoms. The van der Waals surface area contributed by atoms with Crippen molar-refractivity contribution in [2.24, 2.45) is 5.92 Å². The number of aryl methyl sites for hydroxylation is 1. The number of hydrogen-bond acceptors (Lipinski definition) is 7. The minimum atomic E-state index is -0.350. The Labute approximate surface area is 196 Å². The molecule has 2 aliphatic rings. The Morgan fingerprint density at radius 1 is 1.33 bits per heavy atom. The number of hydrogen-bond donors (Lipinski definition) is 2. The van der Waals surface area contributed by atoms with E-state index in [1.807, 2.05) is 24.5 Å². The molecule has 3 aromatic heterocycles.